The monoisotopic (exact) mass is 495 g/mol. The third kappa shape index (κ3) is 4.55. The van der Waals surface area contributed by atoms with Gasteiger partial charge >= 0.3 is 0 Å². The summed E-state index contributed by atoms with van der Waals surface area (Å²) < 4.78 is 20.3. The van der Waals surface area contributed by atoms with Gasteiger partial charge in [-0.1, -0.05) is 24.4 Å². The normalized spacial score (nSPS) is 14.9. The lowest BCUT2D eigenvalue weighted by atomic mass is 9.80. The van der Waals surface area contributed by atoms with Gasteiger partial charge in [0, 0.05) is 25.4 Å². The van der Waals surface area contributed by atoms with E-state index in [1.54, 1.807) is 39.3 Å². The number of anilines is 1. The summed E-state index contributed by atoms with van der Waals surface area (Å²) in [6.45, 7) is 6.62. The molecule has 10 heteroatoms. The number of hydrogen-bond acceptors (Lipinski definition) is 6. The number of aromatic nitrogens is 3. The van der Waals surface area contributed by atoms with Gasteiger partial charge in [0.25, 0.3) is 17.6 Å². The van der Waals surface area contributed by atoms with Crippen molar-refractivity contribution in [2.75, 3.05) is 5.32 Å². The molecule has 1 aromatic carbocycles. The smallest absolute Gasteiger partial charge is 0.294 e. The van der Waals surface area contributed by atoms with Gasteiger partial charge in [0.1, 0.15) is 11.4 Å². The Labute approximate surface area is 208 Å². The molecule has 0 bridgehead atoms. The van der Waals surface area contributed by atoms with E-state index in [0.717, 1.165) is 19.3 Å². The van der Waals surface area contributed by atoms with Crippen LogP contribution in [0.4, 0.5) is 10.1 Å². The zero-order chi connectivity index (χ0) is 26.2. The highest BCUT2D eigenvalue weighted by Gasteiger charge is 2.41. The minimum Gasteiger partial charge on any atom is -0.344 e. The molecule has 4 rings (SSSR count). The molecule has 1 fully saturated rings. The third-order valence-electron chi connectivity index (χ3n) is 7.01. The number of halogens is 1. The number of Topliss-reactive ketones (excluding diaryl/α,β-unsaturated/α-hetero) is 1. The first-order chi connectivity index (χ1) is 17.0. The van der Waals surface area contributed by atoms with E-state index in [9.17, 15) is 18.8 Å². The molecule has 9 nitrogen and oxygen atoms in total. The summed E-state index contributed by atoms with van der Waals surface area (Å²) in [4.78, 5) is 44.1. The lowest BCUT2D eigenvalue weighted by Crippen LogP contribution is -2.50. The molecule has 36 heavy (non-hydrogen) atoms. The van der Waals surface area contributed by atoms with Crippen LogP contribution in [0.5, 0.6) is 0 Å². The maximum Gasteiger partial charge on any atom is 0.294 e. The molecule has 190 valence electrons. The molecule has 2 N–H and O–H groups in total. The van der Waals surface area contributed by atoms with E-state index in [1.165, 1.54) is 18.2 Å². The van der Waals surface area contributed by atoms with Crippen molar-refractivity contribution >= 4 is 23.3 Å². The molecule has 1 saturated carbocycles. The first-order valence-electron chi connectivity index (χ1n) is 11.9. The zero-order valence-corrected chi connectivity index (χ0v) is 21.1. The summed E-state index contributed by atoms with van der Waals surface area (Å²) in [6.07, 6.45) is 3.93. The average Bonchev–Trinajstić information content (AvgIpc) is 3.37. The van der Waals surface area contributed by atoms with E-state index in [-0.39, 0.29) is 17.1 Å². The summed E-state index contributed by atoms with van der Waals surface area (Å²) in [7, 11) is 1.64. The number of carbonyl (C=O) groups excluding carboxylic acids is 3. The van der Waals surface area contributed by atoms with Crippen LogP contribution in [0.1, 0.15) is 81.5 Å². The van der Waals surface area contributed by atoms with Gasteiger partial charge in [-0.2, -0.15) is 4.98 Å². The number of nitrogens with one attached hydrogen (secondary N) is 2. The quantitative estimate of drug-likeness (QED) is 0.391. The number of carbonyl (C=O) groups is 3. The van der Waals surface area contributed by atoms with E-state index in [2.05, 4.69) is 20.8 Å². The Balaban J connectivity index is 1.61. The van der Waals surface area contributed by atoms with Crippen molar-refractivity contribution < 1.29 is 23.3 Å². The molecule has 0 saturated heterocycles. The molecular formula is C26H30FN5O4. The van der Waals surface area contributed by atoms with Crippen LogP contribution in [0.25, 0.3) is 0 Å². The van der Waals surface area contributed by atoms with Gasteiger partial charge in [0.2, 0.25) is 5.89 Å². The first kappa shape index (κ1) is 25.3. The van der Waals surface area contributed by atoms with Crippen LogP contribution in [0, 0.1) is 33.5 Å². The van der Waals surface area contributed by atoms with Crippen LogP contribution < -0.4 is 10.6 Å². The number of benzene rings is 1. The SMILES string of the molecule is Cc1nc(C2(NC(=O)C(=O)c3c(C)c(C(=O)Nc4ccc(F)c(C)c4)c(C)n3C)CCCCC2)no1. The van der Waals surface area contributed by atoms with Crippen molar-refractivity contribution in [3.63, 3.8) is 0 Å². The van der Waals surface area contributed by atoms with Gasteiger partial charge in [-0.25, -0.2) is 4.39 Å². The summed E-state index contributed by atoms with van der Waals surface area (Å²) in [6, 6.07) is 4.28. The van der Waals surface area contributed by atoms with Crippen LogP contribution in [-0.2, 0) is 17.4 Å². The van der Waals surface area contributed by atoms with E-state index < -0.39 is 23.1 Å². The molecular weight excluding hydrogens is 465 g/mol. The Kier molecular flexibility index (Phi) is 6.79. The van der Waals surface area contributed by atoms with Gasteiger partial charge in [0.15, 0.2) is 5.82 Å². The molecule has 0 spiro atoms. The van der Waals surface area contributed by atoms with Gasteiger partial charge in [0.05, 0.1) is 11.3 Å². The predicted octanol–water partition coefficient (Wildman–Crippen LogP) is 4.19. The minimum atomic E-state index is -0.877. The number of aryl methyl sites for hydroxylation is 2. The van der Waals surface area contributed by atoms with Crippen LogP contribution in [-0.4, -0.2) is 32.3 Å². The Morgan fingerprint density at radius 3 is 2.39 bits per heavy atom. The fraction of sp³-hybridized carbons (Fsp3) is 0.423. The van der Waals surface area contributed by atoms with Crippen molar-refractivity contribution in [2.45, 2.75) is 65.3 Å². The fourth-order valence-electron chi connectivity index (χ4n) is 4.99. The maximum atomic E-state index is 13.6. The molecule has 2 aromatic heterocycles. The highest BCUT2D eigenvalue weighted by atomic mass is 19.1. The number of rotatable bonds is 6. The summed E-state index contributed by atoms with van der Waals surface area (Å²) in [5.41, 5.74) is 1.28. The standard InChI is InChI=1S/C26H30FN5O4/c1-14-13-18(9-10-19(14)27)29-23(34)20-15(2)21(32(5)16(20)3)22(33)24(35)30-26(11-7-6-8-12-26)25-28-17(4)36-31-25/h9-10,13H,6-8,11-12H2,1-5H3,(H,29,34)(H,30,35). The van der Waals surface area contributed by atoms with E-state index in [0.29, 0.717) is 47.1 Å². The van der Waals surface area contributed by atoms with E-state index in [4.69, 9.17) is 4.52 Å². The van der Waals surface area contributed by atoms with Gasteiger partial charge in [-0.3, -0.25) is 14.4 Å². The summed E-state index contributed by atoms with van der Waals surface area (Å²) in [5, 5.41) is 9.69. The zero-order valence-electron chi connectivity index (χ0n) is 21.1. The molecule has 1 aliphatic carbocycles. The lowest BCUT2D eigenvalue weighted by molar-refractivity contribution is -0.119. The summed E-state index contributed by atoms with van der Waals surface area (Å²) >= 11 is 0. The summed E-state index contributed by atoms with van der Waals surface area (Å²) in [5.74, 6) is -1.60. The molecule has 0 atom stereocenters. The number of hydrogen-bond donors (Lipinski definition) is 2. The number of nitrogens with zero attached hydrogens (tertiary/aromatic N) is 3. The number of ketones is 1. The second kappa shape index (κ2) is 9.67. The second-order valence-corrected chi connectivity index (χ2v) is 9.47. The largest absolute Gasteiger partial charge is 0.344 e. The minimum absolute atomic E-state index is 0.126. The molecule has 0 aliphatic heterocycles. The Morgan fingerprint density at radius 2 is 1.78 bits per heavy atom. The van der Waals surface area contributed by atoms with E-state index >= 15 is 0 Å². The number of amides is 2. The topological polar surface area (TPSA) is 119 Å². The molecule has 0 radical (unpaired) electrons. The van der Waals surface area contributed by atoms with Gasteiger partial charge < -0.3 is 19.7 Å². The fourth-order valence-corrected chi connectivity index (χ4v) is 4.99. The molecule has 3 aromatic rings. The molecule has 1 aliphatic rings. The molecule has 2 amide bonds. The molecule has 2 heterocycles. The van der Waals surface area contributed by atoms with Crippen molar-refractivity contribution in [3.8, 4) is 0 Å². The Hall–Kier alpha value is -3.82. The van der Waals surface area contributed by atoms with E-state index in [1.807, 2.05) is 0 Å². The Morgan fingerprint density at radius 1 is 1.08 bits per heavy atom. The van der Waals surface area contributed by atoms with Crippen LogP contribution >= 0.6 is 0 Å². The third-order valence-corrected chi connectivity index (χ3v) is 7.01. The first-order valence-corrected chi connectivity index (χ1v) is 11.9. The maximum absolute atomic E-state index is 13.6. The average molecular weight is 496 g/mol. The van der Waals surface area contributed by atoms with Crippen molar-refractivity contribution in [3.05, 3.63) is 63.8 Å². The van der Waals surface area contributed by atoms with Crippen molar-refractivity contribution in [1.29, 1.82) is 0 Å². The van der Waals surface area contributed by atoms with Gasteiger partial charge in [-0.05, 0) is 62.9 Å². The lowest BCUT2D eigenvalue weighted by Gasteiger charge is -2.35. The Bertz CT molecular complexity index is 1350. The highest BCUT2D eigenvalue weighted by Crippen LogP contribution is 2.36. The van der Waals surface area contributed by atoms with Crippen molar-refractivity contribution in [2.24, 2.45) is 7.05 Å². The van der Waals surface area contributed by atoms with Crippen LogP contribution in [0.3, 0.4) is 0 Å². The van der Waals surface area contributed by atoms with Crippen LogP contribution in [0.2, 0.25) is 0 Å². The molecule has 0 unspecified atom stereocenters. The predicted molar refractivity (Wildman–Crippen MR) is 130 cm³/mol. The van der Waals surface area contributed by atoms with Gasteiger partial charge in [-0.15, -0.1) is 0 Å². The van der Waals surface area contributed by atoms with Crippen molar-refractivity contribution in [1.82, 2.24) is 20.0 Å². The highest BCUT2D eigenvalue weighted by molar-refractivity contribution is 6.43. The second-order valence-electron chi connectivity index (χ2n) is 9.47. The van der Waals surface area contributed by atoms with Crippen LogP contribution in [0.15, 0.2) is 22.7 Å².